The third-order valence-electron chi connectivity index (χ3n) is 8.06. The van der Waals surface area contributed by atoms with Crippen molar-refractivity contribution in [3.63, 3.8) is 0 Å². The Morgan fingerprint density at radius 1 is 1.28 bits per heavy atom. The number of nitrogens with one attached hydrogen (secondary N) is 2. The zero-order valence-electron chi connectivity index (χ0n) is 25.2. The Kier molecular flexibility index (Phi) is 8.49. The molecule has 0 aromatic carbocycles. The van der Waals surface area contributed by atoms with Crippen LogP contribution in [0.1, 0.15) is 38.6 Å². The zero-order chi connectivity index (χ0) is 33.6. The van der Waals surface area contributed by atoms with Crippen LogP contribution in [0.5, 0.6) is 0 Å². The van der Waals surface area contributed by atoms with E-state index in [1.165, 1.54) is 25.6 Å². The molecule has 18 nitrogen and oxygen atoms in total. The predicted octanol–water partition coefficient (Wildman–Crippen LogP) is -2.05. The van der Waals surface area contributed by atoms with Crippen LogP contribution in [0.15, 0.2) is 34.8 Å². The van der Waals surface area contributed by atoms with Gasteiger partial charge in [0.15, 0.2) is 5.13 Å². The fourth-order valence-electron chi connectivity index (χ4n) is 5.62. The van der Waals surface area contributed by atoms with Crippen molar-refractivity contribution in [1.29, 1.82) is 0 Å². The van der Waals surface area contributed by atoms with E-state index < -0.39 is 46.5 Å². The number of oxime groups is 1. The molecule has 2 atom stereocenters. The third kappa shape index (κ3) is 5.94. The Morgan fingerprint density at radius 2 is 2.02 bits per heavy atom. The van der Waals surface area contributed by atoms with E-state index in [9.17, 15) is 29.4 Å². The number of hydrogen-bond donors (Lipinski definition) is 5. The number of amides is 2. The highest BCUT2D eigenvalue weighted by Gasteiger charge is 2.53. The number of aromatic nitrogens is 5. The maximum atomic E-state index is 13.4. The van der Waals surface area contributed by atoms with Gasteiger partial charge in [-0.25, -0.2) is 9.36 Å². The number of hydrogen-bond acceptors (Lipinski definition) is 15. The molecule has 3 aliphatic rings. The van der Waals surface area contributed by atoms with Gasteiger partial charge in [-0.3, -0.25) is 19.1 Å². The monoisotopic (exact) mass is 685 g/mol. The number of aliphatic carboxylic acids is 2. The van der Waals surface area contributed by atoms with Crippen molar-refractivity contribution < 1.29 is 38.8 Å². The van der Waals surface area contributed by atoms with Gasteiger partial charge in [0.2, 0.25) is 17.1 Å². The van der Waals surface area contributed by atoms with Gasteiger partial charge in [0.1, 0.15) is 23.5 Å². The molecular weight excluding hydrogens is 655 g/mol. The van der Waals surface area contributed by atoms with Crippen LogP contribution in [0.2, 0.25) is 0 Å². The quantitative estimate of drug-likeness (QED) is 0.0666. The molecule has 248 valence electrons. The van der Waals surface area contributed by atoms with Gasteiger partial charge in [-0.2, -0.15) is 9.36 Å². The number of carbonyl (C=O) groups excluding carboxylic acids is 3. The van der Waals surface area contributed by atoms with Gasteiger partial charge in [-0.05, 0) is 56.9 Å². The van der Waals surface area contributed by atoms with Crippen molar-refractivity contribution in [1.82, 2.24) is 34.4 Å². The second-order valence-corrected chi connectivity index (χ2v) is 13.5. The summed E-state index contributed by atoms with van der Waals surface area (Å²) in [5.41, 5.74) is 11.2. The molecule has 3 aromatic rings. The molecule has 20 heteroatoms. The van der Waals surface area contributed by atoms with Gasteiger partial charge in [-0.15, -0.1) is 11.8 Å². The SMILES string of the molecule is CC(C)(O/N=C(\C(=O)NC1C(=O)N2C(C(=O)[O-])=C(C[n+]3cccc4c3nc(N)n4C3CCNCC3)CSC12)c1nsc(N)n1)C(=O)O. The van der Waals surface area contributed by atoms with Gasteiger partial charge in [-0.1, -0.05) is 5.16 Å². The second-order valence-electron chi connectivity index (χ2n) is 11.6. The summed E-state index contributed by atoms with van der Waals surface area (Å²) in [4.78, 5) is 65.3. The molecule has 0 spiro atoms. The number of anilines is 2. The number of nitrogen functional groups attached to an aromatic ring is 2. The van der Waals surface area contributed by atoms with Crippen molar-refractivity contribution in [2.24, 2.45) is 5.16 Å². The number of carboxylic acids is 2. The van der Waals surface area contributed by atoms with Crippen molar-refractivity contribution in [2.45, 2.75) is 56.3 Å². The van der Waals surface area contributed by atoms with E-state index in [1.54, 1.807) is 10.8 Å². The summed E-state index contributed by atoms with van der Waals surface area (Å²) in [6.07, 6.45) is 3.56. The molecule has 6 rings (SSSR count). The number of carbonyl (C=O) groups is 4. The van der Waals surface area contributed by atoms with Gasteiger partial charge < -0.3 is 41.9 Å². The summed E-state index contributed by atoms with van der Waals surface area (Å²) in [6, 6.07) is 2.79. The minimum absolute atomic E-state index is 0.0114. The lowest BCUT2D eigenvalue weighted by Crippen LogP contribution is -2.71. The molecule has 6 heterocycles. The predicted molar refractivity (Wildman–Crippen MR) is 166 cm³/mol. The van der Waals surface area contributed by atoms with Crippen LogP contribution in [-0.4, -0.2) is 94.2 Å². The first-order valence-corrected chi connectivity index (χ1v) is 16.3. The standard InChI is InChI=1S/C27H31N11O7S2/c1-27(2,24(43)44)45-34-15(18-32-26(29)47-35-18)20(39)31-16-21(40)38-17(23(41)42)12(11-46-22(16)38)10-36-9-3-4-14-19(36)33-25(28)37(14)13-5-7-30-8-6-13/h3-4,9,13,16,22,28,30H,5-8,10-11H2,1-2H3,(H5,29,31,32,35,39,41,42,43,44)/b34-15-. The summed E-state index contributed by atoms with van der Waals surface area (Å²) >= 11 is 2.03. The van der Waals surface area contributed by atoms with Crippen LogP contribution < -0.4 is 31.8 Å². The highest BCUT2D eigenvalue weighted by atomic mass is 32.2. The van der Waals surface area contributed by atoms with Crippen LogP contribution in [0.4, 0.5) is 11.1 Å². The first-order valence-electron chi connectivity index (χ1n) is 14.5. The van der Waals surface area contributed by atoms with Crippen LogP contribution in [-0.2, 0) is 30.6 Å². The summed E-state index contributed by atoms with van der Waals surface area (Å²) in [7, 11) is 0. The van der Waals surface area contributed by atoms with Gasteiger partial charge in [0.05, 0.1) is 17.9 Å². The van der Waals surface area contributed by atoms with Crippen molar-refractivity contribution >= 4 is 75.0 Å². The van der Waals surface area contributed by atoms with E-state index in [0.29, 0.717) is 17.2 Å². The molecule has 2 fully saturated rings. The summed E-state index contributed by atoms with van der Waals surface area (Å²) in [5, 5.41) is 30.6. The molecule has 0 radical (unpaired) electrons. The number of nitrogens with two attached hydrogens (primary N) is 2. The molecule has 2 amide bonds. The number of piperidine rings is 1. The first-order chi connectivity index (χ1) is 22.4. The highest BCUT2D eigenvalue weighted by molar-refractivity contribution is 8.00. The van der Waals surface area contributed by atoms with Gasteiger partial charge in [0.25, 0.3) is 11.8 Å². The van der Waals surface area contributed by atoms with E-state index in [4.69, 9.17) is 16.3 Å². The Bertz CT molecular complexity index is 1850. The summed E-state index contributed by atoms with van der Waals surface area (Å²) in [5.74, 6) is -4.18. The third-order valence-corrected chi connectivity index (χ3v) is 9.94. The number of imidazole rings is 1. The molecule has 3 aromatic heterocycles. The van der Waals surface area contributed by atoms with Gasteiger partial charge in [0, 0.05) is 28.9 Å². The second kappa shape index (κ2) is 12.4. The number of pyridine rings is 1. The maximum Gasteiger partial charge on any atom is 0.351 e. The summed E-state index contributed by atoms with van der Waals surface area (Å²) in [6.45, 7) is 4.28. The molecule has 2 saturated heterocycles. The lowest BCUT2D eigenvalue weighted by Gasteiger charge is -2.50. The van der Waals surface area contributed by atoms with Crippen molar-refractivity contribution in [3.8, 4) is 0 Å². The van der Waals surface area contributed by atoms with Crippen LogP contribution in [0.25, 0.3) is 11.2 Å². The molecule has 0 saturated carbocycles. The zero-order valence-corrected chi connectivity index (χ0v) is 26.8. The smallest absolute Gasteiger partial charge is 0.351 e. The van der Waals surface area contributed by atoms with E-state index >= 15 is 0 Å². The number of rotatable bonds is 10. The maximum absolute atomic E-state index is 13.4. The normalized spacial score (nSPS) is 20.6. The highest BCUT2D eigenvalue weighted by Crippen LogP contribution is 2.40. The van der Waals surface area contributed by atoms with Crippen LogP contribution in [0.3, 0.4) is 0 Å². The number of thioether (sulfide) groups is 1. The topological polar surface area (TPSA) is 260 Å². The van der Waals surface area contributed by atoms with Gasteiger partial charge >= 0.3 is 17.6 Å². The molecule has 2 unspecified atom stereocenters. The average Bonchev–Trinajstić information content (AvgIpc) is 3.62. The summed E-state index contributed by atoms with van der Waals surface area (Å²) < 4.78 is 7.75. The van der Waals surface area contributed by atoms with Crippen molar-refractivity contribution in [3.05, 3.63) is 35.4 Å². The minimum atomic E-state index is -1.81. The Balaban J connectivity index is 1.24. The Labute approximate surface area is 275 Å². The number of β-lactam (4-membered cyclic amide) rings is 1. The Morgan fingerprint density at radius 3 is 2.68 bits per heavy atom. The molecule has 3 aliphatic heterocycles. The molecule has 0 aliphatic carbocycles. The van der Waals surface area contributed by atoms with E-state index in [0.717, 1.165) is 47.9 Å². The van der Waals surface area contributed by atoms with E-state index in [1.807, 2.05) is 16.7 Å². The molecule has 7 N–H and O–H groups in total. The fourth-order valence-corrected chi connectivity index (χ4v) is 7.39. The lowest BCUT2D eigenvalue weighted by molar-refractivity contribution is -0.664. The molecular formula is C27H31N11O7S2. The molecule has 0 bridgehead atoms. The number of nitrogens with zero attached hydrogens (tertiary/aromatic N) is 7. The number of carboxylic acid groups (broad SMARTS) is 2. The average molecular weight is 686 g/mol. The van der Waals surface area contributed by atoms with Crippen LogP contribution >= 0.6 is 23.3 Å². The lowest BCUT2D eigenvalue weighted by atomic mass is 10.0. The number of fused-ring (bicyclic) bond motifs is 2. The van der Waals surface area contributed by atoms with E-state index in [-0.39, 0.29) is 35.0 Å². The van der Waals surface area contributed by atoms with Crippen molar-refractivity contribution in [2.75, 3.05) is 30.3 Å². The van der Waals surface area contributed by atoms with Crippen LogP contribution in [0, 0.1) is 0 Å². The largest absolute Gasteiger partial charge is 0.543 e. The Hall–Kier alpha value is -4.82. The molecule has 47 heavy (non-hydrogen) atoms. The fraction of sp³-hybridized carbons (Fsp3) is 0.444. The first kappa shape index (κ1) is 32.1. The van der Waals surface area contributed by atoms with E-state index in [2.05, 4.69) is 30.1 Å². The minimum Gasteiger partial charge on any atom is -0.543 e.